The molecule has 0 radical (unpaired) electrons. The number of aromatic nitrogens is 3. The molecule has 0 aliphatic heterocycles. The molecule has 0 saturated heterocycles. The van der Waals surface area contributed by atoms with Gasteiger partial charge in [-0.05, 0) is 50.1 Å². The fourth-order valence-corrected chi connectivity index (χ4v) is 3.72. The van der Waals surface area contributed by atoms with Gasteiger partial charge in [0.15, 0.2) is 5.65 Å². The van der Waals surface area contributed by atoms with E-state index in [0.717, 1.165) is 33.5 Å². The van der Waals surface area contributed by atoms with E-state index < -0.39 is 0 Å². The number of nitrogens with zero attached hydrogens (tertiary/aromatic N) is 4. The van der Waals surface area contributed by atoms with Crippen molar-refractivity contribution < 1.29 is 14.0 Å². The largest absolute Gasteiger partial charge is 0.467 e. The van der Waals surface area contributed by atoms with E-state index in [1.807, 2.05) is 42.6 Å². The second-order valence-electron chi connectivity index (χ2n) is 7.62. The molecule has 1 N–H and O–H groups in total. The van der Waals surface area contributed by atoms with Crippen molar-refractivity contribution in [2.45, 2.75) is 33.2 Å². The number of aryl methyl sites for hydroxylation is 2. The molecule has 160 valence electrons. The van der Waals surface area contributed by atoms with Crippen LogP contribution in [0, 0.1) is 13.8 Å². The van der Waals surface area contributed by atoms with Gasteiger partial charge in [0.2, 0.25) is 11.8 Å². The number of furan rings is 1. The van der Waals surface area contributed by atoms with Crippen molar-refractivity contribution in [1.29, 1.82) is 0 Å². The summed E-state index contributed by atoms with van der Waals surface area (Å²) < 4.78 is 7.04. The van der Waals surface area contributed by atoms with Gasteiger partial charge in [0.25, 0.3) is 0 Å². The Bertz CT molecular complexity index is 1240. The molecule has 3 heterocycles. The molecule has 0 saturated carbocycles. The van der Waals surface area contributed by atoms with Crippen LogP contribution < -0.4 is 5.32 Å². The number of fused-ring (bicyclic) bond motifs is 3. The third-order valence-corrected chi connectivity index (χ3v) is 5.45. The smallest absolute Gasteiger partial charge is 0.239 e. The molecule has 0 unspecified atom stereocenters. The van der Waals surface area contributed by atoms with E-state index in [2.05, 4.69) is 10.4 Å². The van der Waals surface area contributed by atoms with E-state index in [0.29, 0.717) is 18.7 Å². The number of hydrogen-bond acceptors (Lipinski definition) is 5. The molecule has 4 rings (SSSR count). The van der Waals surface area contributed by atoms with Crippen LogP contribution in [0.4, 0.5) is 0 Å². The first kappa shape index (κ1) is 20.6. The van der Waals surface area contributed by atoms with Crippen LogP contribution in [0.1, 0.15) is 29.1 Å². The average molecular weight is 419 g/mol. The van der Waals surface area contributed by atoms with E-state index in [-0.39, 0.29) is 24.8 Å². The summed E-state index contributed by atoms with van der Waals surface area (Å²) in [6.45, 7) is 4.26. The SMILES string of the molecule is Cc1nc2c3ccccc3nn2c(C)c1CCC(=O)N(C)CC(=O)NCc1ccco1. The molecule has 0 aliphatic rings. The van der Waals surface area contributed by atoms with E-state index in [1.54, 1.807) is 25.4 Å². The number of carbonyl (C=O) groups is 2. The highest BCUT2D eigenvalue weighted by Crippen LogP contribution is 2.23. The topological polar surface area (TPSA) is 92.7 Å². The fraction of sp³-hybridized carbons (Fsp3) is 0.304. The van der Waals surface area contributed by atoms with Crippen molar-refractivity contribution in [3.8, 4) is 0 Å². The third-order valence-electron chi connectivity index (χ3n) is 5.45. The normalized spacial score (nSPS) is 11.2. The number of amides is 2. The van der Waals surface area contributed by atoms with Crippen LogP contribution in [0.3, 0.4) is 0 Å². The van der Waals surface area contributed by atoms with Gasteiger partial charge in [0.1, 0.15) is 5.76 Å². The maximum atomic E-state index is 12.6. The summed E-state index contributed by atoms with van der Waals surface area (Å²) in [5, 5.41) is 8.42. The molecule has 0 spiro atoms. The zero-order valence-electron chi connectivity index (χ0n) is 17.9. The van der Waals surface area contributed by atoms with Crippen LogP contribution >= 0.6 is 0 Å². The lowest BCUT2D eigenvalue weighted by Gasteiger charge is -2.17. The summed E-state index contributed by atoms with van der Waals surface area (Å²) in [5.74, 6) is 0.339. The molecule has 0 aliphatic carbocycles. The van der Waals surface area contributed by atoms with Crippen LogP contribution in [0.15, 0.2) is 47.1 Å². The highest BCUT2D eigenvalue weighted by Gasteiger charge is 2.17. The molecule has 3 aromatic heterocycles. The minimum atomic E-state index is -0.231. The second kappa shape index (κ2) is 8.59. The van der Waals surface area contributed by atoms with E-state index in [4.69, 9.17) is 9.40 Å². The Morgan fingerprint density at radius 1 is 1.16 bits per heavy atom. The van der Waals surface area contributed by atoms with Crippen LogP contribution in [-0.4, -0.2) is 44.9 Å². The van der Waals surface area contributed by atoms with Crippen molar-refractivity contribution in [2.24, 2.45) is 0 Å². The van der Waals surface area contributed by atoms with Gasteiger partial charge in [-0.1, -0.05) is 12.1 Å². The van der Waals surface area contributed by atoms with Crippen molar-refractivity contribution in [3.05, 3.63) is 65.4 Å². The van der Waals surface area contributed by atoms with Gasteiger partial charge >= 0.3 is 0 Å². The maximum absolute atomic E-state index is 12.6. The number of nitrogens with one attached hydrogen (secondary N) is 1. The Balaban J connectivity index is 1.40. The minimum Gasteiger partial charge on any atom is -0.467 e. The number of likely N-dealkylation sites (N-methyl/N-ethyl adjacent to an activating group) is 1. The van der Waals surface area contributed by atoms with Crippen LogP contribution in [0.2, 0.25) is 0 Å². The zero-order chi connectivity index (χ0) is 22.0. The number of rotatable bonds is 7. The summed E-state index contributed by atoms with van der Waals surface area (Å²) in [6.07, 6.45) is 2.38. The monoisotopic (exact) mass is 419 g/mol. The standard InChI is InChI=1S/C23H25N5O3/c1-15-18(16(2)28-23(25-15)19-8-4-5-9-20(19)26-28)10-11-22(30)27(3)14-21(29)24-13-17-7-6-12-31-17/h4-9,12H,10-11,13-14H2,1-3H3,(H,24,29). The highest BCUT2D eigenvalue weighted by molar-refractivity contribution is 5.92. The van der Waals surface area contributed by atoms with Gasteiger partial charge in [-0.25, -0.2) is 9.50 Å². The lowest BCUT2D eigenvalue weighted by molar-refractivity contribution is -0.134. The van der Waals surface area contributed by atoms with Crippen LogP contribution in [0.25, 0.3) is 16.6 Å². The van der Waals surface area contributed by atoms with E-state index in [1.165, 1.54) is 4.90 Å². The molecule has 8 heteroatoms. The zero-order valence-corrected chi connectivity index (χ0v) is 17.9. The molecule has 31 heavy (non-hydrogen) atoms. The van der Waals surface area contributed by atoms with Crippen LogP contribution in [-0.2, 0) is 22.6 Å². The highest BCUT2D eigenvalue weighted by atomic mass is 16.3. The summed E-state index contributed by atoms with van der Waals surface area (Å²) >= 11 is 0. The minimum absolute atomic E-state index is 0.000658. The van der Waals surface area contributed by atoms with Gasteiger partial charge in [0, 0.05) is 30.2 Å². The first-order chi connectivity index (χ1) is 14.9. The predicted molar refractivity (Wildman–Crippen MR) is 116 cm³/mol. The van der Waals surface area contributed by atoms with Gasteiger partial charge in [-0.15, -0.1) is 0 Å². The number of carbonyl (C=O) groups excluding carboxylic acids is 2. The molecule has 8 nitrogen and oxygen atoms in total. The Labute approximate surface area is 179 Å². The van der Waals surface area contributed by atoms with Crippen LogP contribution in [0.5, 0.6) is 0 Å². The van der Waals surface area contributed by atoms with Crippen molar-refractivity contribution in [1.82, 2.24) is 24.8 Å². The quantitative estimate of drug-likeness (QED) is 0.497. The fourth-order valence-electron chi connectivity index (χ4n) is 3.72. The second-order valence-corrected chi connectivity index (χ2v) is 7.62. The van der Waals surface area contributed by atoms with Gasteiger partial charge in [-0.2, -0.15) is 5.10 Å². The molecule has 2 amide bonds. The summed E-state index contributed by atoms with van der Waals surface area (Å²) in [7, 11) is 1.64. The Morgan fingerprint density at radius 3 is 2.74 bits per heavy atom. The van der Waals surface area contributed by atoms with Crippen molar-refractivity contribution in [3.63, 3.8) is 0 Å². The summed E-state index contributed by atoms with van der Waals surface area (Å²) in [5.41, 5.74) is 4.59. The molecule has 4 aromatic rings. The lowest BCUT2D eigenvalue weighted by Crippen LogP contribution is -2.38. The lowest BCUT2D eigenvalue weighted by atomic mass is 10.1. The first-order valence-corrected chi connectivity index (χ1v) is 10.2. The first-order valence-electron chi connectivity index (χ1n) is 10.2. The predicted octanol–water partition coefficient (Wildman–Crippen LogP) is 2.80. The maximum Gasteiger partial charge on any atom is 0.239 e. The third kappa shape index (κ3) is 4.28. The Morgan fingerprint density at radius 2 is 1.97 bits per heavy atom. The van der Waals surface area contributed by atoms with Gasteiger partial charge in [-0.3, -0.25) is 9.59 Å². The van der Waals surface area contributed by atoms with Crippen molar-refractivity contribution in [2.75, 3.05) is 13.6 Å². The molecule has 1 aromatic carbocycles. The molecular formula is C23H25N5O3. The molecule has 0 atom stereocenters. The summed E-state index contributed by atoms with van der Waals surface area (Å²) in [6, 6.07) is 11.5. The Hall–Kier alpha value is -3.68. The van der Waals surface area contributed by atoms with Gasteiger partial charge in [0.05, 0.1) is 24.9 Å². The van der Waals surface area contributed by atoms with Gasteiger partial charge < -0.3 is 14.6 Å². The Kier molecular flexibility index (Phi) is 5.70. The molecular weight excluding hydrogens is 394 g/mol. The van der Waals surface area contributed by atoms with Crippen molar-refractivity contribution >= 4 is 28.4 Å². The molecule has 0 bridgehead atoms. The van der Waals surface area contributed by atoms with E-state index in [9.17, 15) is 9.59 Å². The molecule has 0 fully saturated rings. The average Bonchev–Trinajstić information content (AvgIpc) is 3.40. The summed E-state index contributed by atoms with van der Waals surface area (Å²) in [4.78, 5) is 30.9. The van der Waals surface area contributed by atoms with E-state index >= 15 is 0 Å². The number of hydrogen-bond donors (Lipinski definition) is 1. The number of benzene rings is 1.